The standard InChI is InChI=1S/C16H11ClF3N3/c17-13-8-6-12(7-9-13)14-15(16(18,19)20)23(22-21-14)10-11-4-2-1-3-5-11/h1-9H,10H2. The maximum atomic E-state index is 13.5. The van der Waals surface area contributed by atoms with E-state index < -0.39 is 11.9 Å². The summed E-state index contributed by atoms with van der Waals surface area (Å²) in [6.07, 6.45) is -4.56. The average Bonchev–Trinajstić information content (AvgIpc) is 2.93. The van der Waals surface area contributed by atoms with Gasteiger partial charge < -0.3 is 0 Å². The Kier molecular flexibility index (Phi) is 4.09. The lowest BCUT2D eigenvalue weighted by molar-refractivity contribution is -0.143. The average molecular weight is 338 g/mol. The second-order valence-corrected chi connectivity index (χ2v) is 5.37. The lowest BCUT2D eigenvalue weighted by Crippen LogP contribution is -2.16. The van der Waals surface area contributed by atoms with Gasteiger partial charge in [0.1, 0.15) is 5.69 Å². The first-order valence-corrected chi connectivity index (χ1v) is 7.13. The van der Waals surface area contributed by atoms with Gasteiger partial charge in [-0.15, -0.1) is 5.10 Å². The van der Waals surface area contributed by atoms with Gasteiger partial charge in [0.2, 0.25) is 0 Å². The van der Waals surface area contributed by atoms with Crippen LogP contribution in [0, 0.1) is 0 Å². The third-order valence-corrected chi connectivity index (χ3v) is 3.55. The van der Waals surface area contributed by atoms with Crippen LogP contribution in [0.5, 0.6) is 0 Å². The number of hydrogen-bond donors (Lipinski definition) is 0. The SMILES string of the molecule is FC(F)(F)c1c(-c2ccc(Cl)cc2)nnn1Cc1ccccc1. The third-order valence-electron chi connectivity index (χ3n) is 3.30. The fourth-order valence-electron chi connectivity index (χ4n) is 2.26. The Balaban J connectivity index is 2.06. The van der Waals surface area contributed by atoms with Crippen LogP contribution in [0.4, 0.5) is 13.2 Å². The van der Waals surface area contributed by atoms with Gasteiger partial charge in [0, 0.05) is 10.6 Å². The van der Waals surface area contributed by atoms with Gasteiger partial charge in [-0.3, -0.25) is 0 Å². The molecular weight excluding hydrogens is 327 g/mol. The molecule has 3 nitrogen and oxygen atoms in total. The van der Waals surface area contributed by atoms with Gasteiger partial charge in [-0.1, -0.05) is 59.3 Å². The molecule has 3 aromatic rings. The van der Waals surface area contributed by atoms with Crippen molar-refractivity contribution in [1.29, 1.82) is 0 Å². The van der Waals surface area contributed by atoms with E-state index in [4.69, 9.17) is 11.6 Å². The Morgan fingerprint density at radius 3 is 2.22 bits per heavy atom. The van der Waals surface area contributed by atoms with E-state index in [2.05, 4.69) is 10.3 Å². The lowest BCUT2D eigenvalue weighted by Gasteiger charge is -2.11. The predicted octanol–water partition coefficient (Wildman–Crippen LogP) is 4.67. The van der Waals surface area contributed by atoms with Crippen LogP contribution in [0.25, 0.3) is 11.3 Å². The fourth-order valence-corrected chi connectivity index (χ4v) is 2.39. The quantitative estimate of drug-likeness (QED) is 0.695. The zero-order chi connectivity index (χ0) is 16.4. The molecule has 0 fully saturated rings. The highest BCUT2D eigenvalue weighted by Gasteiger charge is 2.39. The number of alkyl halides is 3. The van der Waals surface area contributed by atoms with E-state index >= 15 is 0 Å². The van der Waals surface area contributed by atoms with Gasteiger partial charge in [-0.05, 0) is 17.7 Å². The topological polar surface area (TPSA) is 30.7 Å². The number of hydrogen-bond acceptors (Lipinski definition) is 2. The van der Waals surface area contributed by atoms with Crippen LogP contribution in [0.15, 0.2) is 54.6 Å². The van der Waals surface area contributed by atoms with Crippen molar-refractivity contribution in [2.75, 3.05) is 0 Å². The molecule has 2 aromatic carbocycles. The molecule has 0 atom stereocenters. The first-order valence-electron chi connectivity index (χ1n) is 6.75. The molecule has 3 rings (SSSR count). The number of halogens is 4. The van der Waals surface area contributed by atoms with Crippen molar-refractivity contribution in [3.8, 4) is 11.3 Å². The van der Waals surface area contributed by atoms with Gasteiger partial charge in [-0.25, -0.2) is 4.68 Å². The highest BCUT2D eigenvalue weighted by Crippen LogP contribution is 2.36. The van der Waals surface area contributed by atoms with Gasteiger partial charge in [0.15, 0.2) is 5.69 Å². The van der Waals surface area contributed by atoms with Crippen LogP contribution in [0.2, 0.25) is 5.02 Å². The van der Waals surface area contributed by atoms with E-state index in [0.29, 0.717) is 16.1 Å². The summed E-state index contributed by atoms with van der Waals surface area (Å²) in [5, 5.41) is 7.86. The molecule has 0 saturated heterocycles. The van der Waals surface area contributed by atoms with Gasteiger partial charge in [0.05, 0.1) is 6.54 Å². The Morgan fingerprint density at radius 2 is 1.61 bits per heavy atom. The number of benzene rings is 2. The van der Waals surface area contributed by atoms with Gasteiger partial charge in [0.25, 0.3) is 0 Å². The van der Waals surface area contributed by atoms with Gasteiger partial charge >= 0.3 is 6.18 Å². The van der Waals surface area contributed by atoms with E-state index in [1.807, 2.05) is 0 Å². The Morgan fingerprint density at radius 1 is 0.957 bits per heavy atom. The molecule has 0 aliphatic heterocycles. The van der Waals surface area contributed by atoms with E-state index in [1.54, 1.807) is 30.3 Å². The molecule has 0 aliphatic carbocycles. The molecule has 0 spiro atoms. The molecule has 1 heterocycles. The Hall–Kier alpha value is -2.34. The first kappa shape index (κ1) is 15.6. The zero-order valence-corrected chi connectivity index (χ0v) is 12.5. The van der Waals surface area contributed by atoms with Crippen molar-refractivity contribution < 1.29 is 13.2 Å². The summed E-state index contributed by atoms with van der Waals surface area (Å²) in [5.41, 5.74) is -0.0413. The third kappa shape index (κ3) is 3.37. The van der Waals surface area contributed by atoms with Crippen molar-refractivity contribution in [2.24, 2.45) is 0 Å². The van der Waals surface area contributed by atoms with Crippen LogP contribution in [-0.4, -0.2) is 15.0 Å². The minimum Gasteiger partial charge on any atom is -0.235 e. The number of aromatic nitrogens is 3. The van der Waals surface area contributed by atoms with Crippen LogP contribution in [-0.2, 0) is 12.7 Å². The molecular formula is C16H11ClF3N3. The van der Waals surface area contributed by atoms with Crippen molar-refractivity contribution in [1.82, 2.24) is 15.0 Å². The van der Waals surface area contributed by atoms with Gasteiger partial charge in [-0.2, -0.15) is 13.2 Å². The van der Waals surface area contributed by atoms with E-state index in [1.165, 1.54) is 24.3 Å². The largest absolute Gasteiger partial charge is 0.435 e. The second-order valence-electron chi connectivity index (χ2n) is 4.93. The number of nitrogens with zero attached hydrogens (tertiary/aromatic N) is 3. The minimum absolute atomic E-state index is 0.00370. The summed E-state index contributed by atoms with van der Waals surface area (Å²) in [6, 6.07) is 14.8. The minimum atomic E-state index is -4.56. The highest BCUT2D eigenvalue weighted by atomic mass is 35.5. The second kappa shape index (κ2) is 6.04. The summed E-state index contributed by atoms with van der Waals surface area (Å²) in [7, 11) is 0. The normalized spacial score (nSPS) is 11.7. The molecule has 23 heavy (non-hydrogen) atoms. The summed E-state index contributed by atoms with van der Waals surface area (Å²) in [4.78, 5) is 0. The molecule has 0 saturated carbocycles. The van der Waals surface area contributed by atoms with Crippen LogP contribution >= 0.6 is 11.6 Å². The van der Waals surface area contributed by atoms with Crippen LogP contribution in [0.3, 0.4) is 0 Å². The molecule has 0 bridgehead atoms. The summed E-state index contributed by atoms with van der Waals surface area (Å²) in [6.45, 7) is -0.00370. The monoisotopic (exact) mass is 337 g/mol. The van der Waals surface area contributed by atoms with E-state index in [-0.39, 0.29) is 12.2 Å². The molecule has 0 N–H and O–H groups in total. The molecule has 118 valence electrons. The maximum Gasteiger partial charge on any atom is 0.435 e. The zero-order valence-electron chi connectivity index (χ0n) is 11.8. The van der Waals surface area contributed by atoms with Crippen molar-refractivity contribution >= 4 is 11.6 Å². The maximum absolute atomic E-state index is 13.5. The highest BCUT2D eigenvalue weighted by molar-refractivity contribution is 6.30. The molecule has 0 unspecified atom stereocenters. The van der Waals surface area contributed by atoms with Crippen molar-refractivity contribution in [3.63, 3.8) is 0 Å². The Labute approximate surface area is 135 Å². The summed E-state index contributed by atoms with van der Waals surface area (Å²) >= 11 is 5.78. The summed E-state index contributed by atoms with van der Waals surface area (Å²) in [5.74, 6) is 0. The van der Waals surface area contributed by atoms with Crippen LogP contribution in [0.1, 0.15) is 11.3 Å². The van der Waals surface area contributed by atoms with E-state index in [0.717, 1.165) is 4.68 Å². The lowest BCUT2D eigenvalue weighted by atomic mass is 10.1. The molecule has 7 heteroatoms. The number of rotatable bonds is 3. The smallest absolute Gasteiger partial charge is 0.235 e. The fraction of sp³-hybridized carbons (Fsp3) is 0.125. The summed E-state index contributed by atoms with van der Waals surface area (Å²) < 4.78 is 41.3. The molecule has 1 aromatic heterocycles. The Bertz CT molecular complexity index is 796. The molecule has 0 amide bonds. The van der Waals surface area contributed by atoms with Crippen LogP contribution < -0.4 is 0 Å². The molecule has 0 aliphatic rings. The predicted molar refractivity (Wildman–Crippen MR) is 81.0 cm³/mol. The van der Waals surface area contributed by atoms with E-state index in [9.17, 15) is 13.2 Å². The van der Waals surface area contributed by atoms with Crippen molar-refractivity contribution in [2.45, 2.75) is 12.7 Å². The van der Waals surface area contributed by atoms with Crippen molar-refractivity contribution in [3.05, 3.63) is 70.9 Å². The molecule has 0 radical (unpaired) electrons. The first-order chi connectivity index (χ1) is 10.9.